The van der Waals surface area contributed by atoms with E-state index in [0.29, 0.717) is 29.9 Å². The highest BCUT2D eigenvalue weighted by atomic mass is 16.5. The van der Waals surface area contributed by atoms with Crippen LogP contribution in [0, 0.1) is 0 Å². The van der Waals surface area contributed by atoms with E-state index in [9.17, 15) is 9.90 Å². The lowest BCUT2D eigenvalue weighted by atomic mass is 10.1. The van der Waals surface area contributed by atoms with E-state index in [4.69, 9.17) is 9.84 Å². The van der Waals surface area contributed by atoms with Gasteiger partial charge in [0.05, 0.1) is 12.7 Å². The molecular weight excluding hydrogens is 284 g/mol. The molecule has 5 heteroatoms. The Morgan fingerprint density at radius 1 is 1.09 bits per heavy atom. The molecule has 0 aliphatic carbocycles. The number of aryl methyl sites for hydroxylation is 1. The van der Waals surface area contributed by atoms with Gasteiger partial charge in [0.1, 0.15) is 17.2 Å². The van der Waals surface area contributed by atoms with Crippen molar-refractivity contribution in [1.82, 2.24) is 0 Å². The summed E-state index contributed by atoms with van der Waals surface area (Å²) in [5, 5.41) is 18.7. The smallest absolute Gasteiger partial charge is 0.337 e. The standard InChI is InChI=1S/C17H18O5/c1-21-17(20)13-5-7-14(8-6-13)22-15-9-4-12(3-2-10-18)16(19)11-15/h4-9,11,18-19H,2-3,10H2,1H3. The van der Waals surface area contributed by atoms with E-state index in [1.54, 1.807) is 36.4 Å². The van der Waals surface area contributed by atoms with E-state index in [-0.39, 0.29) is 12.4 Å². The Hall–Kier alpha value is -2.53. The summed E-state index contributed by atoms with van der Waals surface area (Å²) in [5.74, 6) is 0.779. The van der Waals surface area contributed by atoms with E-state index < -0.39 is 5.97 Å². The van der Waals surface area contributed by atoms with Gasteiger partial charge in [-0.3, -0.25) is 0 Å². The minimum atomic E-state index is -0.405. The molecule has 2 N–H and O–H groups in total. The number of aromatic hydroxyl groups is 1. The lowest BCUT2D eigenvalue weighted by molar-refractivity contribution is 0.0600. The minimum absolute atomic E-state index is 0.0875. The zero-order valence-electron chi connectivity index (χ0n) is 12.3. The lowest BCUT2D eigenvalue weighted by Gasteiger charge is -2.09. The fraction of sp³-hybridized carbons (Fsp3) is 0.235. The first-order valence-corrected chi connectivity index (χ1v) is 6.93. The van der Waals surface area contributed by atoms with Crippen molar-refractivity contribution in [2.24, 2.45) is 0 Å². The highest BCUT2D eigenvalue weighted by Gasteiger charge is 2.07. The summed E-state index contributed by atoms with van der Waals surface area (Å²) < 4.78 is 10.3. The van der Waals surface area contributed by atoms with E-state index in [1.807, 2.05) is 0 Å². The van der Waals surface area contributed by atoms with Crippen molar-refractivity contribution in [3.8, 4) is 17.2 Å². The molecule has 2 rings (SSSR count). The first kappa shape index (κ1) is 15.9. The molecule has 2 aromatic carbocycles. The van der Waals surface area contributed by atoms with Gasteiger partial charge in [-0.1, -0.05) is 6.07 Å². The number of methoxy groups -OCH3 is 1. The molecule has 0 heterocycles. The summed E-state index contributed by atoms with van der Waals surface area (Å²) in [4.78, 5) is 11.3. The van der Waals surface area contributed by atoms with E-state index in [2.05, 4.69) is 4.74 Å². The maximum atomic E-state index is 11.3. The van der Waals surface area contributed by atoms with Crippen LogP contribution in [0.2, 0.25) is 0 Å². The monoisotopic (exact) mass is 302 g/mol. The Balaban J connectivity index is 2.07. The predicted molar refractivity (Wildman–Crippen MR) is 81.4 cm³/mol. The van der Waals surface area contributed by atoms with Crippen LogP contribution in [-0.2, 0) is 11.2 Å². The van der Waals surface area contributed by atoms with Crippen LogP contribution >= 0.6 is 0 Å². The average molecular weight is 302 g/mol. The molecule has 0 saturated heterocycles. The highest BCUT2D eigenvalue weighted by molar-refractivity contribution is 5.89. The van der Waals surface area contributed by atoms with Crippen molar-refractivity contribution >= 4 is 5.97 Å². The summed E-state index contributed by atoms with van der Waals surface area (Å²) in [5.41, 5.74) is 1.21. The number of rotatable bonds is 6. The van der Waals surface area contributed by atoms with Gasteiger partial charge in [0.15, 0.2) is 0 Å². The first-order chi connectivity index (χ1) is 10.6. The molecule has 0 fully saturated rings. The first-order valence-electron chi connectivity index (χ1n) is 6.93. The zero-order valence-corrected chi connectivity index (χ0v) is 12.3. The number of hydrogen-bond acceptors (Lipinski definition) is 5. The number of ether oxygens (including phenoxy) is 2. The van der Waals surface area contributed by atoms with Crippen LogP contribution in [0.15, 0.2) is 42.5 Å². The molecular formula is C17H18O5. The van der Waals surface area contributed by atoms with Crippen LogP contribution in [0.25, 0.3) is 0 Å². The largest absolute Gasteiger partial charge is 0.508 e. The fourth-order valence-electron chi connectivity index (χ4n) is 2.00. The molecule has 0 spiro atoms. The van der Waals surface area contributed by atoms with Crippen molar-refractivity contribution in [2.45, 2.75) is 12.8 Å². The van der Waals surface area contributed by atoms with Gasteiger partial charge in [0.2, 0.25) is 0 Å². The van der Waals surface area contributed by atoms with E-state index in [1.165, 1.54) is 13.2 Å². The van der Waals surface area contributed by atoms with Gasteiger partial charge in [0, 0.05) is 12.7 Å². The van der Waals surface area contributed by atoms with Crippen LogP contribution in [0.3, 0.4) is 0 Å². The number of esters is 1. The number of aliphatic hydroxyl groups excluding tert-OH is 1. The van der Waals surface area contributed by atoms with Crippen molar-refractivity contribution in [1.29, 1.82) is 0 Å². The number of phenols is 1. The van der Waals surface area contributed by atoms with Gasteiger partial charge in [-0.25, -0.2) is 4.79 Å². The Bertz CT molecular complexity index is 634. The fourth-order valence-corrected chi connectivity index (χ4v) is 2.00. The van der Waals surface area contributed by atoms with E-state index >= 15 is 0 Å². The molecule has 0 saturated carbocycles. The van der Waals surface area contributed by atoms with Gasteiger partial charge in [-0.2, -0.15) is 0 Å². The Morgan fingerprint density at radius 2 is 1.77 bits per heavy atom. The van der Waals surface area contributed by atoms with Gasteiger partial charge in [-0.15, -0.1) is 0 Å². The number of carbonyl (C=O) groups excluding carboxylic acids is 1. The van der Waals surface area contributed by atoms with E-state index in [0.717, 1.165) is 5.56 Å². The highest BCUT2D eigenvalue weighted by Crippen LogP contribution is 2.28. The topological polar surface area (TPSA) is 76.0 Å². The summed E-state index contributed by atoms with van der Waals surface area (Å²) in [6.45, 7) is 0.0875. The molecule has 116 valence electrons. The third-order valence-corrected chi connectivity index (χ3v) is 3.17. The second-order valence-electron chi connectivity index (χ2n) is 4.74. The van der Waals surface area contributed by atoms with Gasteiger partial charge in [0.25, 0.3) is 0 Å². The van der Waals surface area contributed by atoms with Gasteiger partial charge >= 0.3 is 5.97 Å². The number of carbonyl (C=O) groups is 1. The summed E-state index contributed by atoms with van der Waals surface area (Å²) in [6.07, 6.45) is 1.21. The molecule has 0 unspecified atom stereocenters. The average Bonchev–Trinajstić information content (AvgIpc) is 2.54. The summed E-state index contributed by atoms with van der Waals surface area (Å²) >= 11 is 0. The molecule has 0 amide bonds. The number of benzene rings is 2. The molecule has 2 aromatic rings. The van der Waals surface area contributed by atoms with Gasteiger partial charge in [-0.05, 0) is 48.7 Å². The third-order valence-electron chi connectivity index (χ3n) is 3.17. The number of hydrogen-bond donors (Lipinski definition) is 2. The van der Waals surface area contributed by atoms with Crippen LogP contribution in [0.1, 0.15) is 22.3 Å². The molecule has 0 aliphatic rings. The molecule has 0 bridgehead atoms. The van der Waals surface area contributed by atoms with Gasteiger partial charge < -0.3 is 19.7 Å². The molecule has 0 atom stereocenters. The van der Waals surface area contributed by atoms with Crippen LogP contribution in [-0.4, -0.2) is 29.9 Å². The van der Waals surface area contributed by atoms with Crippen molar-refractivity contribution < 1.29 is 24.5 Å². The quantitative estimate of drug-likeness (QED) is 0.802. The van der Waals surface area contributed by atoms with Crippen LogP contribution in [0.5, 0.6) is 17.2 Å². The second kappa shape index (κ2) is 7.47. The molecule has 0 aliphatic heterocycles. The molecule has 5 nitrogen and oxygen atoms in total. The maximum absolute atomic E-state index is 11.3. The Labute approximate surface area is 128 Å². The second-order valence-corrected chi connectivity index (χ2v) is 4.74. The summed E-state index contributed by atoms with van der Waals surface area (Å²) in [6, 6.07) is 11.6. The number of aliphatic hydroxyl groups is 1. The third kappa shape index (κ3) is 3.99. The van der Waals surface area contributed by atoms with Crippen LogP contribution < -0.4 is 4.74 Å². The lowest BCUT2D eigenvalue weighted by Crippen LogP contribution is -2.00. The zero-order chi connectivity index (χ0) is 15.9. The van der Waals surface area contributed by atoms with Crippen molar-refractivity contribution in [2.75, 3.05) is 13.7 Å². The SMILES string of the molecule is COC(=O)c1ccc(Oc2ccc(CCCO)c(O)c2)cc1. The molecule has 22 heavy (non-hydrogen) atoms. The Kier molecular flexibility index (Phi) is 5.38. The minimum Gasteiger partial charge on any atom is -0.508 e. The Morgan fingerprint density at radius 3 is 2.36 bits per heavy atom. The van der Waals surface area contributed by atoms with Crippen LogP contribution in [0.4, 0.5) is 0 Å². The van der Waals surface area contributed by atoms with Crippen molar-refractivity contribution in [3.63, 3.8) is 0 Å². The molecule has 0 radical (unpaired) electrons. The summed E-state index contributed by atoms with van der Waals surface area (Å²) in [7, 11) is 1.33. The maximum Gasteiger partial charge on any atom is 0.337 e. The number of phenolic OH excluding ortho intramolecular Hbond substituents is 1. The van der Waals surface area contributed by atoms with Crippen molar-refractivity contribution in [3.05, 3.63) is 53.6 Å². The molecule has 0 aromatic heterocycles. The predicted octanol–water partition coefficient (Wildman–Crippen LogP) is 2.90. The normalized spacial score (nSPS) is 10.3.